The van der Waals surface area contributed by atoms with Crippen molar-refractivity contribution in [1.29, 1.82) is 0 Å². The van der Waals surface area contributed by atoms with Crippen molar-refractivity contribution in [3.05, 3.63) is 59.3 Å². The average molecular weight is 326 g/mol. The first-order valence-corrected chi connectivity index (χ1v) is 7.18. The number of benzene rings is 2. The molecule has 0 amide bonds. The summed E-state index contributed by atoms with van der Waals surface area (Å²) >= 11 is 0. The van der Waals surface area contributed by atoms with Crippen LogP contribution in [0.3, 0.4) is 0 Å². The Labute approximate surface area is 136 Å². The zero-order chi connectivity index (χ0) is 17.1. The summed E-state index contributed by atoms with van der Waals surface area (Å²) in [6.07, 6.45) is 1.44. The maximum atomic E-state index is 12.5. The molecule has 0 radical (unpaired) electrons. The zero-order valence-electron chi connectivity index (χ0n) is 12.7. The Morgan fingerprint density at radius 1 is 1.25 bits per heavy atom. The highest BCUT2D eigenvalue weighted by atomic mass is 16.6. The van der Waals surface area contributed by atoms with Gasteiger partial charge in [-0.05, 0) is 12.1 Å². The molecule has 0 saturated carbocycles. The molecule has 3 aromatic rings. The molecule has 0 spiro atoms. The molecule has 122 valence electrons. The quantitative estimate of drug-likeness (QED) is 0.441. The minimum absolute atomic E-state index is 0.0651. The number of carbonyl (C=O) groups excluding carboxylic acids is 1. The lowest BCUT2D eigenvalue weighted by atomic mass is 10.1. The fourth-order valence-corrected chi connectivity index (χ4v) is 2.30. The highest BCUT2D eigenvalue weighted by molar-refractivity contribution is 5.93. The Morgan fingerprint density at radius 2 is 2.04 bits per heavy atom. The van der Waals surface area contributed by atoms with Gasteiger partial charge >= 0.3 is 5.97 Å². The molecule has 2 aromatic carbocycles. The molecule has 0 aliphatic heterocycles. The molecule has 0 aliphatic carbocycles. The van der Waals surface area contributed by atoms with E-state index in [1.807, 2.05) is 0 Å². The molecule has 24 heavy (non-hydrogen) atoms. The van der Waals surface area contributed by atoms with Crippen LogP contribution in [0.5, 0.6) is 11.5 Å². The van der Waals surface area contributed by atoms with Gasteiger partial charge in [0.25, 0.3) is 0 Å². The second kappa shape index (κ2) is 6.45. The fraction of sp³-hybridized carbons (Fsp3) is 0.111. The van der Waals surface area contributed by atoms with Crippen LogP contribution >= 0.6 is 0 Å². The van der Waals surface area contributed by atoms with E-state index in [9.17, 15) is 14.7 Å². The standard InChI is InChI=1S/C18H14O6/c1-2-7-22-16(20)10-23-11-8-13(19)17-15(9-11)24-14-6-4-3-5-12(14)18(17)21/h2-6,8-9,19H,1,7,10H2. The number of fused-ring (bicyclic) bond motifs is 2. The number of esters is 1. The van der Waals surface area contributed by atoms with Crippen molar-refractivity contribution in [3.8, 4) is 11.5 Å². The fourth-order valence-electron chi connectivity index (χ4n) is 2.30. The third-order valence-electron chi connectivity index (χ3n) is 3.35. The van der Waals surface area contributed by atoms with E-state index >= 15 is 0 Å². The van der Waals surface area contributed by atoms with Gasteiger partial charge in [-0.1, -0.05) is 24.8 Å². The predicted molar refractivity (Wildman–Crippen MR) is 88.3 cm³/mol. The van der Waals surface area contributed by atoms with Gasteiger partial charge in [-0.25, -0.2) is 4.79 Å². The molecule has 6 nitrogen and oxygen atoms in total. The smallest absolute Gasteiger partial charge is 0.344 e. The monoisotopic (exact) mass is 326 g/mol. The number of para-hydroxylation sites is 1. The maximum absolute atomic E-state index is 12.5. The van der Waals surface area contributed by atoms with E-state index in [-0.39, 0.29) is 41.1 Å². The molecule has 3 rings (SSSR count). The molecule has 0 atom stereocenters. The molecule has 1 aromatic heterocycles. The molecule has 0 fully saturated rings. The summed E-state index contributed by atoms with van der Waals surface area (Å²) < 4.78 is 15.7. The first-order chi connectivity index (χ1) is 11.6. The van der Waals surface area contributed by atoms with E-state index in [0.29, 0.717) is 11.0 Å². The van der Waals surface area contributed by atoms with Gasteiger partial charge in [-0.3, -0.25) is 4.79 Å². The maximum Gasteiger partial charge on any atom is 0.344 e. The Bertz CT molecular complexity index is 986. The molecular weight excluding hydrogens is 312 g/mol. The molecule has 0 aliphatic rings. The molecule has 0 bridgehead atoms. The van der Waals surface area contributed by atoms with Gasteiger partial charge in [-0.2, -0.15) is 0 Å². The molecular formula is C18H14O6. The molecule has 1 N–H and O–H groups in total. The lowest BCUT2D eigenvalue weighted by Gasteiger charge is -2.08. The molecule has 1 heterocycles. The van der Waals surface area contributed by atoms with Gasteiger partial charge in [-0.15, -0.1) is 0 Å². The van der Waals surface area contributed by atoms with Crippen LogP contribution in [0.2, 0.25) is 0 Å². The summed E-state index contributed by atoms with van der Waals surface area (Å²) in [4.78, 5) is 23.9. The van der Waals surface area contributed by atoms with Gasteiger partial charge in [0.15, 0.2) is 6.61 Å². The summed E-state index contributed by atoms with van der Waals surface area (Å²) in [7, 11) is 0. The van der Waals surface area contributed by atoms with Crippen molar-refractivity contribution in [2.45, 2.75) is 0 Å². The van der Waals surface area contributed by atoms with E-state index in [2.05, 4.69) is 6.58 Å². The number of hydrogen-bond acceptors (Lipinski definition) is 6. The lowest BCUT2D eigenvalue weighted by molar-refractivity contribution is -0.144. The summed E-state index contributed by atoms with van der Waals surface area (Å²) in [6, 6.07) is 9.45. The summed E-state index contributed by atoms with van der Waals surface area (Å²) in [5.41, 5.74) is 0.242. The number of phenols is 1. The highest BCUT2D eigenvalue weighted by Gasteiger charge is 2.14. The van der Waals surface area contributed by atoms with Crippen molar-refractivity contribution in [1.82, 2.24) is 0 Å². The third kappa shape index (κ3) is 2.94. The Kier molecular flexibility index (Phi) is 4.20. The summed E-state index contributed by atoms with van der Waals surface area (Å²) in [5, 5.41) is 10.6. The Morgan fingerprint density at radius 3 is 2.83 bits per heavy atom. The molecule has 0 unspecified atom stereocenters. The van der Waals surface area contributed by atoms with Crippen LogP contribution in [-0.2, 0) is 9.53 Å². The van der Waals surface area contributed by atoms with Crippen LogP contribution < -0.4 is 10.2 Å². The molecule has 6 heteroatoms. The van der Waals surface area contributed by atoms with E-state index in [4.69, 9.17) is 13.9 Å². The van der Waals surface area contributed by atoms with Gasteiger partial charge in [0.05, 0.1) is 5.39 Å². The van der Waals surface area contributed by atoms with Crippen molar-refractivity contribution in [3.63, 3.8) is 0 Å². The number of aromatic hydroxyl groups is 1. The highest BCUT2D eigenvalue weighted by Crippen LogP contribution is 2.30. The second-order valence-corrected chi connectivity index (χ2v) is 5.00. The molecule has 0 saturated heterocycles. The van der Waals surface area contributed by atoms with Gasteiger partial charge in [0.2, 0.25) is 5.43 Å². The first kappa shape index (κ1) is 15.6. The summed E-state index contributed by atoms with van der Waals surface area (Å²) in [6.45, 7) is 3.19. The third-order valence-corrected chi connectivity index (χ3v) is 3.35. The predicted octanol–water partition coefficient (Wildman–Crippen LogP) is 2.76. The van der Waals surface area contributed by atoms with Crippen molar-refractivity contribution >= 4 is 27.9 Å². The minimum atomic E-state index is -0.575. The van der Waals surface area contributed by atoms with Gasteiger partial charge in [0, 0.05) is 12.1 Å². The van der Waals surface area contributed by atoms with Gasteiger partial charge in [0.1, 0.15) is 34.7 Å². The number of rotatable bonds is 5. The van der Waals surface area contributed by atoms with Gasteiger partial charge < -0.3 is 19.0 Å². The SMILES string of the molecule is C=CCOC(=O)COc1cc(O)c2c(=O)c3ccccc3oc2c1. The largest absolute Gasteiger partial charge is 0.507 e. The van der Waals surface area contributed by atoms with Crippen LogP contribution in [0.25, 0.3) is 21.9 Å². The van der Waals surface area contributed by atoms with Crippen LogP contribution in [0.4, 0.5) is 0 Å². The minimum Gasteiger partial charge on any atom is -0.507 e. The average Bonchev–Trinajstić information content (AvgIpc) is 2.58. The second-order valence-electron chi connectivity index (χ2n) is 5.00. The normalized spacial score (nSPS) is 10.7. The van der Waals surface area contributed by atoms with Crippen LogP contribution in [-0.4, -0.2) is 24.3 Å². The number of phenolic OH excluding ortho intramolecular Hbond substituents is 1. The van der Waals surface area contributed by atoms with E-state index in [1.54, 1.807) is 24.3 Å². The van der Waals surface area contributed by atoms with Crippen molar-refractivity contribution in [2.75, 3.05) is 13.2 Å². The van der Waals surface area contributed by atoms with E-state index in [1.165, 1.54) is 18.2 Å². The lowest BCUT2D eigenvalue weighted by Crippen LogP contribution is -2.14. The number of carbonyl (C=O) groups is 1. The van der Waals surface area contributed by atoms with E-state index in [0.717, 1.165) is 0 Å². The van der Waals surface area contributed by atoms with Crippen LogP contribution in [0.15, 0.2) is 58.3 Å². The van der Waals surface area contributed by atoms with Crippen molar-refractivity contribution < 1.29 is 23.8 Å². The van der Waals surface area contributed by atoms with Crippen molar-refractivity contribution in [2.24, 2.45) is 0 Å². The summed E-state index contributed by atoms with van der Waals surface area (Å²) in [5.74, 6) is -0.662. The number of ether oxygens (including phenoxy) is 2. The van der Waals surface area contributed by atoms with Crippen LogP contribution in [0.1, 0.15) is 0 Å². The Hall–Kier alpha value is -3.28. The Balaban J connectivity index is 1.98. The topological polar surface area (TPSA) is 86.0 Å². The first-order valence-electron chi connectivity index (χ1n) is 7.18. The number of hydrogen-bond donors (Lipinski definition) is 1. The van der Waals surface area contributed by atoms with Crippen LogP contribution in [0, 0.1) is 0 Å². The van der Waals surface area contributed by atoms with E-state index < -0.39 is 5.97 Å². The zero-order valence-corrected chi connectivity index (χ0v) is 12.7.